The van der Waals surface area contributed by atoms with Gasteiger partial charge in [-0.1, -0.05) is 5.16 Å². The van der Waals surface area contributed by atoms with Crippen molar-refractivity contribution in [1.82, 2.24) is 19.8 Å². The fraction of sp³-hybridized carbons (Fsp3) is 0.462. The van der Waals surface area contributed by atoms with Crippen LogP contribution in [0.4, 0.5) is 0 Å². The van der Waals surface area contributed by atoms with Gasteiger partial charge >= 0.3 is 0 Å². The average Bonchev–Trinajstić information content (AvgIpc) is 3.10. The predicted molar refractivity (Wildman–Crippen MR) is 72.4 cm³/mol. The van der Waals surface area contributed by atoms with E-state index in [2.05, 4.69) is 15.2 Å². The fourth-order valence-electron chi connectivity index (χ4n) is 2.23. The van der Waals surface area contributed by atoms with Crippen LogP contribution in [0.3, 0.4) is 0 Å². The predicted octanol–water partition coefficient (Wildman–Crippen LogP) is -0.150. The van der Waals surface area contributed by atoms with Crippen molar-refractivity contribution in [3.8, 4) is 0 Å². The Morgan fingerprint density at radius 1 is 1.33 bits per heavy atom. The highest BCUT2D eigenvalue weighted by atomic mass is 16.5. The Kier molecular flexibility index (Phi) is 3.98. The van der Waals surface area contributed by atoms with Gasteiger partial charge in [0.2, 0.25) is 0 Å². The van der Waals surface area contributed by atoms with E-state index in [9.17, 15) is 4.79 Å². The Bertz CT molecular complexity index is 615. The molecule has 1 aliphatic rings. The van der Waals surface area contributed by atoms with Crippen LogP contribution in [0.15, 0.2) is 22.9 Å². The molecule has 0 aromatic carbocycles. The van der Waals surface area contributed by atoms with E-state index in [0.29, 0.717) is 6.54 Å². The van der Waals surface area contributed by atoms with Gasteiger partial charge in [0.15, 0.2) is 5.76 Å². The first-order chi connectivity index (χ1) is 10.2. The minimum atomic E-state index is -0.540. The van der Waals surface area contributed by atoms with E-state index in [0.717, 1.165) is 44.3 Å². The molecule has 0 saturated carbocycles. The summed E-state index contributed by atoms with van der Waals surface area (Å²) < 4.78 is 12.2. The molecule has 0 bridgehead atoms. The van der Waals surface area contributed by atoms with E-state index in [1.807, 2.05) is 6.07 Å². The summed E-state index contributed by atoms with van der Waals surface area (Å²) in [6.07, 6.45) is 1.69. The summed E-state index contributed by atoms with van der Waals surface area (Å²) in [5.41, 5.74) is 6.17. The number of carbonyl (C=O) groups excluding carboxylic acids is 1. The maximum absolute atomic E-state index is 11.0. The Hall–Kier alpha value is -2.19. The van der Waals surface area contributed by atoms with Crippen molar-refractivity contribution < 1.29 is 14.1 Å². The molecule has 112 valence electrons. The number of nitrogens with zero attached hydrogens (tertiary/aromatic N) is 4. The van der Waals surface area contributed by atoms with Crippen LogP contribution in [0.2, 0.25) is 0 Å². The first-order valence-electron chi connectivity index (χ1n) is 6.78. The van der Waals surface area contributed by atoms with Gasteiger partial charge in [0.05, 0.1) is 26.3 Å². The Morgan fingerprint density at radius 3 is 2.86 bits per heavy atom. The quantitative estimate of drug-likeness (QED) is 0.822. The summed E-state index contributed by atoms with van der Waals surface area (Å²) in [4.78, 5) is 13.2. The first kappa shape index (κ1) is 13.8. The van der Waals surface area contributed by atoms with Crippen molar-refractivity contribution in [2.45, 2.75) is 13.1 Å². The molecule has 2 N–H and O–H groups in total. The number of rotatable bonds is 5. The highest BCUT2D eigenvalue weighted by Crippen LogP contribution is 2.10. The van der Waals surface area contributed by atoms with Gasteiger partial charge in [-0.3, -0.25) is 14.4 Å². The number of hydrogen-bond donors (Lipinski definition) is 1. The van der Waals surface area contributed by atoms with E-state index >= 15 is 0 Å². The van der Waals surface area contributed by atoms with Gasteiger partial charge in [-0.15, -0.1) is 0 Å². The van der Waals surface area contributed by atoms with Crippen LogP contribution in [0.1, 0.15) is 21.9 Å². The van der Waals surface area contributed by atoms with Crippen LogP contribution < -0.4 is 5.73 Å². The Balaban J connectivity index is 1.60. The van der Waals surface area contributed by atoms with Gasteiger partial charge in [-0.2, -0.15) is 5.10 Å². The zero-order chi connectivity index (χ0) is 14.7. The van der Waals surface area contributed by atoms with E-state index < -0.39 is 5.91 Å². The molecule has 3 rings (SSSR count). The number of ether oxygens (including phenoxy) is 1. The van der Waals surface area contributed by atoms with Crippen LogP contribution in [-0.4, -0.2) is 52.0 Å². The standard InChI is InChI=1S/C13H17N5O3/c14-13(19)12-1-2-18(15-12)8-10-7-11(21-16-10)9-17-3-5-20-6-4-17/h1-2,7H,3-6,8-9H2,(H2,14,19). The van der Waals surface area contributed by atoms with Gasteiger partial charge in [0.1, 0.15) is 11.4 Å². The maximum Gasteiger partial charge on any atom is 0.269 e. The molecule has 3 heterocycles. The molecule has 0 aliphatic carbocycles. The zero-order valence-electron chi connectivity index (χ0n) is 11.6. The first-order valence-corrected chi connectivity index (χ1v) is 6.78. The third-order valence-corrected chi connectivity index (χ3v) is 3.31. The Morgan fingerprint density at radius 2 is 2.14 bits per heavy atom. The van der Waals surface area contributed by atoms with Crippen molar-refractivity contribution in [2.24, 2.45) is 5.73 Å². The zero-order valence-corrected chi connectivity index (χ0v) is 11.6. The second-order valence-electron chi connectivity index (χ2n) is 4.94. The number of carbonyl (C=O) groups is 1. The number of primary amides is 1. The minimum absolute atomic E-state index is 0.243. The molecule has 0 spiro atoms. The number of hydrogen-bond acceptors (Lipinski definition) is 6. The van der Waals surface area contributed by atoms with E-state index in [1.54, 1.807) is 16.9 Å². The summed E-state index contributed by atoms with van der Waals surface area (Å²) in [5.74, 6) is 0.274. The van der Waals surface area contributed by atoms with Crippen molar-refractivity contribution in [3.05, 3.63) is 35.5 Å². The van der Waals surface area contributed by atoms with Crippen molar-refractivity contribution in [1.29, 1.82) is 0 Å². The molecule has 21 heavy (non-hydrogen) atoms. The van der Waals surface area contributed by atoms with Gasteiger partial charge in [0, 0.05) is 25.4 Å². The van der Waals surface area contributed by atoms with Crippen LogP contribution in [0.5, 0.6) is 0 Å². The largest absolute Gasteiger partial charge is 0.379 e. The number of morpholine rings is 1. The third-order valence-electron chi connectivity index (χ3n) is 3.31. The second-order valence-corrected chi connectivity index (χ2v) is 4.94. The van der Waals surface area contributed by atoms with Crippen LogP contribution in [-0.2, 0) is 17.8 Å². The van der Waals surface area contributed by atoms with E-state index in [4.69, 9.17) is 15.0 Å². The molecule has 2 aromatic rings. The van der Waals surface area contributed by atoms with E-state index in [-0.39, 0.29) is 5.69 Å². The summed E-state index contributed by atoms with van der Waals surface area (Å²) >= 11 is 0. The van der Waals surface area contributed by atoms with Crippen molar-refractivity contribution >= 4 is 5.91 Å². The summed E-state index contributed by atoms with van der Waals surface area (Å²) in [5, 5.41) is 8.08. The van der Waals surface area contributed by atoms with Gasteiger partial charge in [-0.25, -0.2) is 0 Å². The molecule has 1 aliphatic heterocycles. The molecule has 1 fully saturated rings. The topological polar surface area (TPSA) is 99.4 Å². The lowest BCUT2D eigenvalue weighted by Gasteiger charge is -2.25. The highest BCUT2D eigenvalue weighted by Gasteiger charge is 2.14. The lowest BCUT2D eigenvalue weighted by Crippen LogP contribution is -2.35. The monoisotopic (exact) mass is 291 g/mol. The Labute approximate surface area is 121 Å². The molecular weight excluding hydrogens is 274 g/mol. The average molecular weight is 291 g/mol. The summed E-state index contributed by atoms with van der Waals surface area (Å²) in [6.45, 7) is 4.48. The molecule has 0 atom stereocenters. The SMILES string of the molecule is NC(=O)c1ccn(Cc2cc(CN3CCOCC3)on2)n1. The van der Waals surface area contributed by atoms with Crippen LogP contribution >= 0.6 is 0 Å². The third kappa shape index (κ3) is 3.47. The van der Waals surface area contributed by atoms with Gasteiger partial charge < -0.3 is 15.0 Å². The van der Waals surface area contributed by atoms with Gasteiger partial charge in [-0.05, 0) is 6.07 Å². The molecule has 0 unspecified atom stereocenters. The molecule has 0 radical (unpaired) electrons. The lowest BCUT2D eigenvalue weighted by molar-refractivity contribution is 0.0305. The molecule has 2 aromatic heterocycles. The molecule has 1 amide bonds. The number of nitrogens with two attached hydrogens (primary N) is 1. The molecule has 8 heteroatoms. The van der Waals surface area contributed by atoms with Crippen molar-refractivity contribution in [3.63, 3.8) is 0 Å². The second kappa shape index (κ2) is 6.06. The van der Waals surface area contributed by atoms with Crippen LogP contribution in [0, 0.1) is 0 Å². The van der Waals surface area contributed by atoms with Gasteiger partial charge in [0.25, 0.3) is 5.91 Å². The summed E-state index contributed by atoms with van der Waals surface area (Å²) in [6, 6.07) is 3.48. The number of amides is 1. The van der Waals surface area contributed by atoms with Crippen molar-refractivity contribution in [2.75, 3.05) is 26.3 Å². The van der Waals surface area contributed by atoms with E-state index in [1.165, 1.54) is 0 Å². The highest BCUT2D eigenvalue weighted by molar-refractivity contribution is 5.90. The smallest absolute Gasteiger partial charge is 0.269 e. The lowest BCUT2D eigenvalue weighted by atomic mass is 10.3. The van der Waals surface area contributed by atoms with Crippen LogP contribution in [0.25, 0.3) is 0 Å². The number of aromatic nitrogens is 3. The molecule has 1 saturated heterocycles. The maximum atomic E-state index is 11.0. The minimum Gasteiger partial charge on any atom is -0.379 e. The summed E-state index contributed by atoms with van der Waals surface area (Å²) in [7, 11) is 0. The normalized spacial score (nSPS) is 16.2. The molecule has 8 nitrogen and oxygen atoms in total. The molecular formula is C13H17N5O3. The fourth-order valence-corrected chi connectivity index (χ4v) is 2.23.